The molecule has 4 rings (SSSR count). The Kier molecular flexibility index (Phi) is 6.15. The minimum absolute atomic E-state index is 0.0446. The van der Waals surface area contributed by atoms with Gasteiger partial charge in [0, 0.05) is 17.5 Å². The molecular formula is C24H21F3N4O4. The Morgan fingerprint density at radius 3 is 2.51 bits per heavy atom. The van der Waals surface area contributed by atoms with Crippen LogP contribution in [0.15, 0.2) is 47.0 Å². The molecule has 35 heavy (non-hydrogen) atoms. The van der Waals surface area contributed by atoms with E-state index in [0.717, 1.165) is 12.1 Å². The van der Waals surface area contributed by atoms with E-state index in [-0.39, 0.29) is 30.6 Å². The number of alkyl halides is 3. The maximum absolute atomic E-state index is 13.3. The monoisotopic (exact) mass is 486 g/mol. The van der Waals surface area contributed by atoms with Gasteiger partial charge in [-0.3, -0.25) is 4.79 Å². The van der Waals surface area contributed by atoms with E-state index in [2.05, 4.69) is 10.1 Å². The first kappa shape index (κ1) is 24.1. The van der Waals surface area contributed by atoms with Gasteiger partial charge in [0.25, 0.3) is 11.8 Å². The molecule has 1 amide bonds. The molecule has 0 N–H and O–H groups in total. The minimum atomic E-state index is -4.73. The summed E-state index contributed by atoms with van der Waals surface area (Å²) >= 11 is 0. The Morgan fingerprint density at radius 1 is 1.20 bits per heavy atom. The molecule has 0 bridgehead atoms. The molecule has 8 nitrogen and oxygen atoms in total. The lowest BCUT2D eigenvalue weighted by Crippen LogP contribution is -2.36. The first-order valence-corrected chi connectivity index (χ1v) is 10.6. The van der Waals surface area contributed by atoms with E-state index in [1.807, 2.05) is 0 Å². The average Bonchev–Trinajstić information content (AvgIpc) is 3.36. The number of aromatic nitrogens is 2. The molecule has 182 valence electrons. The summed E-state index contributed by atoms with van der Waals surface area (Å²) in [4.78, 5) is 18.9. The van der Waals surface area contributed by atoms with Crippen LogP contribution in [0.5, 0.6) is 11.5 Å². The third-order valence-corrected chi connectivity index (χ3v) is 5.65. The van der Waals surface area contributed by atoms with Crippen LogP contribution in [-0.2, 0) is 17.5 Å². The van der Waals surface area contributed by atoms with Crippen molar-refractivity contribution in [1.29, 1.82) is 5.26 Å². The van der Waals surface area contributed by atoms with E-state index < -0.39 is 34.7 Å². The number of likely N-dealkylation sites (tertiary alicyclic amines) is 1. The summed E-state index contributed by atoms with van der Waals surface area (Å²) < 4.78 is 56.1. The zero-order valence-electron chi connectivity index (χ0n) is 19.1. The highest BCUT2D eigenvalue weighted by molar-refractivity contribution is 5.84. The fraction of sp³-hybridized carbons (Fsp3) is 0.333. The quantitative estimate of drug-likeness (QED) is 0.507. The Morgan fingerprint density at radius 2 is 1.89 bits per heavy atom. The van der Waals surface area contributed by atoms with E-state index in [1.54, 1.807) is 45.2 Å². The van der Waals surface area contributed by atoms with Crippen molar-refractivity contribution in [1.82, 2.24) is 15.0 Å². The van der Waals surface area contributed by atoms with Crippen molar-refractivity contribution < 1.29 is 32.0 Å². The van der Waals surface area contributed by atoms with Crippen LogP contribution >= 0.6 is 0 Å². The maximum atomic E-state index is 13.3. The van der Waals surface area contributed by atoms with Crippen molar-refractivity contribution in [3.8, 4) is 29.0 Å². The number of nitriles is 1. The Labute approximate surface area is 198 Å². The Bertz CT molecular complexity index is 1280. The van der Waals surface area contributed by atoms with Crippen molar-refractivity contribution in [3.05, 3.63) is 59.4 Å². The molecule has 0 saturated carbocycles. The van der Waals surface area contributed by atoms with Crippen molar-refractivity contribution in [2.45, 2.75) is 32.7 Å². The number of amides is 1. The van der Waals surface area contributed by atoms with Gasteiger partial charge in [0.2, 0.25) is 0 Å². The zero-order valence-corrected chi connectivity index (χ0v) is 19.1. The topological polar surface area (TPSA) is 101 Å². The normalized spacial score (nSPS) is 17.3. The van der Waals surface area contributed by atoms with Crippen molar-refractivity contribution >= 4 is 5.91 Å². The van der Waals surface area contributed by atoms with Gasteiger partial charge in [-0.1, -0.05) is 19.0 Å². The number of methoxy groups -OCH3 is 1. The number of rotatable bonds is 6. The van der Waals surface area contributed by atoms with Gasteiger partial charge in [-0.15, -0.1) is 0 Å². The lowest BCUT2D eigenvalue weighted by molar-refractivity contribution is -0.138. The van der Waals surface area contributed by atoms with Gasteiger partial charge in [-0.05, 0) is 42.5 Å². The first-order valence-electron chi connectivity index (χ1n) is 10.6. The van der Waals surface area contributed by atoms with Crippen molar-refractivity contribution in [3.63, 3.8) is 0 Å². The van der Waals surface area contributed by atoms with Gasteiger partial charge in [0.1, 0.15) is 11.5 Å². The van der Waals surface area contributed by atoms with Crippen LogP contribution in [0.1, 0.15) is 30.8 Å². The lowest BCUT2D eigenvalue weighted by atomic mass is 9.89. The molecule has 0 spiro atoms. The molecule has 1 saturated heterocycles. The molecule has 1 aromatic heterocycles. The molecule has 1 atom stereocenters. The van der Waals surface area contributed by atoms with Crippen LogP contribution in [0.4, 0.5) is 13.2 Å². The van der Waals surface area contributed by atoms with Gasteiger partial charge in [-0.2, -0.15) is 23.4 Å². The second kappa shape index (κ2) is 8.94. The molecule has 1 aliphatic heterocycles. The summed E-state index contributed by atoms with van der Waals surface area (Å²) in [5.41, 5.74) is -1.67. The summed E-state index contributed by atoms with van der Waals surface area (Å²) in [5, 5.41) is 12.9. The van der Waals surface area contributed by atoms with Crippen LogP contribution in [0, 0.1) is 16.7 Å². The summed E-state index contributed by atoms with van der Waals surface area (Å²) in [7, 11) is 1.56. The average molecular weight is 486 g/mol. The highest BCUT2D eigenvalue weighted by Crippen LogP contribution is 2.38. The predicted octanol–water partition coefficient (Wildman–Crippen LogP) is 4.45. The number of ether oxygens (including phenoxy) is 2. The number of carbonyl (C=O) groups is 1. The Hall–Kier alpha value is -4.07. The van der Waals surface area contributed by atoms with Crippen LogP contribution in [0.25, 0.3) is 11.5 Å². The highest BCUT2D eigenvalue weighted by Gasteiger charge is 2.48. The van der Waals surface area contributed by atoms with Crippen LogP contribution < -0.4 is 9.47 Å². The van der Waals surface area contributed by atoms with E-state index in [9.17, 15) is 18.0 Å². The van der Waals surface area contributed by atoms with Gasteiger partial charge >= 0.3 is 6.18 Å². The number of hydrogen-bond acceptors (Lipinski definition) is 7. The summed E-state index contributed by atoms with van der Waals surface area (Å²) in [6.45, 7) is 3.88. The van der Waals surface area contributed by atoms with Crippen LogP contribution in [0.2, 0.25) is 0 Å². The molecule has 11 heteroatoms. The predicted molar refractivity (Wildman–Crippen MR) is 116 cm³/mol. The van der Waals surface area contributed by atoms with Crippen LogP contribution in [-0.4, -0.2) is 40.7 Å². The Balaban J connectivity index is 1.50. The van der Waals surface area contributed by atoms with Crippen molar-refractivity contribution in [2.75, 3.05) is 13.7 Å². The lowest BCUT2D eigenvalue weighted by Gasteiger charge is -2.24. The van der Waals surface area contributed by atoms with Gasteiger partial charge in [0.15, 0.2) is 11.9 Å². The van der Waals surface area contributed by atoms with E-state index in [4.69, 9.17) is 19.3 Å². The van der Waals surface area contributed by atoms with Crippen LogP contribution in [0.3, 0.4) is 0 Å². The number of hydrogen-bond donors (Lipinski definition) is 0. The molecule has 0 radical (unpaired) electrons. The van der Waals surface area contributed by atoms with Gasteiger partial charge in [-0.25, -0.2) is 0 Å². The zero-order chi connectivity index (χ0) is 25.4. The molecule has 1 aliphatic rings. The summed E-state index contributed by atoms with van der Waals surface area (Å²) in [5.74, 6) is 0.667. The molecule has 2 heterocycles. The SMILES string of the molecule is COc1ccc(-c2nc(CN3CC(C)(C)C(Oc4ccc(C#N)c(C(F)(F)F)c4)C3=O)no2)cc1. The largest absolute Gasteiger partial charge is 0.497 e. The second-order valence-electron chi connectivity index (χ2n) is 8.74. The second-order valence-corrected chi connectivity index (χ2v) is 8.74. The number of halogens is 3. The number of benzene rings is 2. The fourth-order valence-corrected chi connectivity index (χ4v) is 3.90. The summed E-state index contributed by atoms with van der Waals surface area (Å²) in [6, 6.07) is 11.6. The smallest absolute Gasteiger partial charge is 0.417 e. The summed E-state index contributed by atoms with van der Waals surface area (Å²) in [6.07, 6.45) is -5.77. The van der Waals surface area contributed by atoms with Gasteiger partial charge in [0.05, 0.1) is 30.9 Å². The minimum Gasteiger partial charge on any atom is -0.497 e. The van der Waals surface area contributed by atoms with Gasteiger partial charge < -0.3 is 18.9 Å². The third kappa shape index (κ3) is 4.91. The van der Waals surface area contributed by atoms with E-state index >= 15 is 0 Å². The third-order valence-electron chi connectivity index (χ3n) is 5.65. The molecule has 2 aromatic carbocycles. The molecule has 1 fully saturated rings. The maximum Gasteiger partial charge on any atom is 0.417 e. The number of carbonyl (C=O) groups excluding carboxylic acids is 1. The standard InChI is InChI=1S/C24H21F3N4O4/c1-23(2)13-31(12-19-29-21(35-30-19)14-4-7-16(33-3)8-5-14)22(32)20(23)34-17-9-6-15(11-28)18(10-17)24(25,26)27/h4-10,20H,12-13H2,1-3H3. The molecular weight excluding hydrogens is 465 g/mol. The first-order chi connectivity index (χ1) is 16.5. The van der Waals surface area contributed by atoms with E-state index in [0.29, 0.717) is 11.3 Å². The van der Waals surface area contributed by atoms with Crippen molar-refractivity contribution in [2.24, 2.45) is 5.41 Å². The fourth-order valence-electron chi connectivity index (χ4n) is 3.90. The number of nitrogens with zero attached hydrogens (tertiary/aromatic N) is 4. The molecule has 0 aliphatic carbocycles. The molecule has 3 aromatic rings. The van der Waals surface area contributed by atoms with E-state index in [1.165, 1.54) is 17.0 Å². The molecule has 1 unspecified atom stereocenters. The highest BCUT2D eigenvalue weighted by atomic mass is 19.4.